The molecule has 5 aromatic rings. The van der Waals surface area contributed by atoms with Gasteiger partial charge in [-0.25, -0.2) is 9.78 Å². The Morgan fingerprint density at radius 1 is 0.667 bits per heavy atom. The van der Waals surface area contributed by atoms with Gasteiger partial charge in [0.15, 0.2) is 5.69 Å². The zero-order chi connectivity index (χ0) is 27.3. The van der Waals surface area contributed by atoms with Gasteiger partial charge in [-0.2, -0.15) is 4.98 Å². The fraction of sp³-hybridized carbons (Fsp3) is 0.0938. The maximum absolute atomic E-state index is 11.3. The second kappa shape index (κ2) is 14.1. The van der Waals surface area contributed by atoms with Gasteiger partial charge in [-0.05, 0) is 22.3 Å². The second-order valence-corrected chi connectivity index (χ2v) is 8.74. The zero-order valence-corrected chi connectivity index (χ0v) is 21.4. The molecule has 0 bridgehead atoms. The molecule has 7 heteroatoms. The third kappa shape index (κ3) is 8.52. The number of nitrogens with one attached hydrogen (secondary N) is 2. The molecule has 0 atom stereocenters. The molecule has 0 spiro atoms. The predicted molar refractivity (Wildman–Crippen MR) is 155 cm³/mol. The van der Waals surface area contributed by atoms with Gasteiger partial charge in [0.25, 0.3) is 0 Å². The van der Waals surface area contributed by atoms with Crippen molar-refractivity contribution < 1.29 is 9.90 Å². The summed E-state index contributed by atoms with van der Waals surface area (Å²) in [5.41, 5.74) is 10.5. The van der Waals surface area contributed by atoms with Crippen molar-refractivity contribution in [3.8, 4) is 0 Å². The molecule has 1 heterocycles. The van der Waals surface area contributed by atoms with Crippen LogP contribution in [0.1, 0.15) is 38.8 Å². The quantitative estimate of drug-likeness (QED) is 0.186. The molecular formula is C32H31N5O2. The second-order valence-electron chi connectivity index (χ2n) is 8.74. The van der Waals surface area contributed by atoms with E-state index in [0.29, 0.717) is 18.9 Å². The summed E-state index contributed by atoms with van der Waals surface area (Å²) in [5, 5.41) is 15.5. The average Bonchev–Trinajstić information content (AvgIpc) is 3.01. The van der Waals surface area contributed by atoms with E-state index < -0.39 is 5.97 Å². The van der Waals surface area contributed by atoms with Gasteiger partial charge in [0, 0.05) is 19.2 Å². The molecule has 4 aromatic carbocycles. The highest BCUT2D eigenvalue weighted by Gasteiger charge is 2.11. The number of hydrogen-bond donors (Lipinski definition) is 4. The Balaban J connectivity index is 0.000000212. The van der Waals surface area contributed by atoms with Crippen molar-refractivity contribution in [2.24, 2.45) is 5.73 Å². The van der Waals surface area contributed by atoms with Gasteiger partial charge in [-0.3, -0.25) is 0 Å². The normalized spacial score (nSPS) is 10.3. The first-order valence-electron chi connectivity index (χ1n) is 12.6. The van der Waals surface area contributed by atoms with Crippen LogP contribution >= 0.6 is 0 Å². The van der Waals surface area contributed by atoms with E-state index in [4.69, 9.17) is 5.73 Å². The lowest BCUT2D eigenvalue weighted by molar-refractivity contribution is 0.0690. The van der Waals surface area contributed by atoms with Crippen LogP contribution in [0.5, 0.6) is 0 Å². The number of carbonyl (C=O) groups is 1. The Morgan fingerprint density at radius 2 is 1.10 bits per heavy atom. The van der Waals surface area contributed by atoms with Crippen LogP contribution in [0.3, 0.4) is 0 Å². The molecule has 0 aliphatic carbocycles. The Kier molecular flexibility index (Phi) is 9.75. The van der Waals surface area contributed by atoms with Gasteiger partial charge in [-0.15, -0.1) is 0 Å². The van der Waals surface area contributed by atoms with Crippen LogP contribution in [0, 0.1) is 0 Å². The number of nitrogens with zero attached hydrogens (tertiary/aromatic N) is 2. The number of aromatic nitrogens is 2. The van der Waals surface area contributed by atoms with Crippen molar-refractivity contribution in [1.29, 1.82) is 0 Å². The molecule has 0 saturated heterocycles. The van der Waals surface area contributed by atoms with Crippen molar-refractivity contribution >= 4 is 17.7 Å². The summed E-state index contributed by atoms with van der Waals surface area (Å²) in [6, 6.07) is 41.3. The Morgan fingerprint density at radius 3 is 1.56 bits per heavy atom. The molecule has 0 aliphatic rings. The van der Waals surface area contributed by atoms with Gasteiger partial charge in [-0.1, -0.05) is 121 Å². The molecule has 7 nitrogen and oxygen atoms in total. The monoisotopic (exact) mass is 517 g/mol. The standard InChI is InChI=1S/C19H18N4O2.C13H13N/c24-18(25)16-11-17(20-12-14-7-3-1-4-8-14)23-19(22-16)21-13-15-9-5-2-6-10-15;14-13(11-7-3-1-4-8-11)12-9-5-2-6-10-12/h1-11H,12-13H2,(H,24,25)(H2,20,21,22,23);1-10,13H,14H2. The fourth-order valence-electron chi connectivity index (χ4n) is 3.81. The summed E-state index contributed by atoms with van der Waals surface area (Å²) < 4.78 is 0. The average molecular weight is 518 g/mol. The number of carboxylic acid groups (broad SMARTS) is 1. The topological polar surface area (TPSA) is 113 Å². The number of benzene rings is 4. The largest absolute Gasteiger partial charge is 0.477 e. The van der Waals surface area contributed by atoms with Crippen molar-refractivity contribution in [3.05, 3.63) is 155 Å². The maximum atomic E-state index is 11.3. The summed E-state index contributed by atoms with van der Waals surface area (Å²) in [7, 11) is 0. The smallest absolute Gasteiger partial charge is 0.354 e. The van der Waals surface area contributed by atoms with E-state index in [9.17, 15) is 9.90 Å². The van der Waals surface area contributed by atoms with Crippen molar-refractivity contribution in [2.75, 3.05) is 10.6 Å². The van der Waals surface area contributed by atoms with Gasteiger partial charge < -0.3 is 21.5 Å². The molecule has 5 rings (SSSR count). The first-order chi connectivity index (χ1) is 19.1. The fourth-order valence-corrected chi connectivity index (χ4v) is 3.81. The van der Waals surface area contributed by atoms with Crippen molar-refractivity contribution in [3.63, 3.8) is 0 Å². The van der Waals surface area contributed by atoms with Crippen LogP contribution < -0.4 is 16.4 Å². The Hall–Kier alpha value is -5.01. The molecular weight excluding hydrogens is 486 g/mol. The predicted octanol–water partition coefficient (Wildman–Crippen LogP) is 6.13. The third-order valence-electron chi connectivity index (χ3n) is 5.87. The highest BCUT2D eigenvalue weighted by Crippen LogP contribution is 2.18. The van der Waals surface area contributed by atoms with Gasteiger partial charge in [0.05, 0.1) is 6.04 Å². The molecule has 196 valence electrons. The lowest BCUT2D eigenvalue weighted by atomic mass is 10.00. The SMILES string of the molecule is NC(c1ccccc1)c1ccccc1.O=C(O)c1cc(NCc2ccccc2)nc(NCc2ccccc2)n1. The summed E-state index contributed by atoms with van der Waals surface area (Å²) >= 11 is 0. The van der Waals surface area contributed by atoms with E-state index in [1.807, 2.05) is 97.1 Å². The molecule has 0 aliphatic heterocycles. The van der Waals surface area contributed by atoms with Crippen LogP contribution in [0.2, 0.25) is 0 Å². The minimum atomic E-state index is -1.09. The Bertz CT molecular complexity index is 1330. The zero-order valence-electron chi connectivity index (χ0n) is 21.4. The van der Waals surface area contributed by atoms with E-state index in [1.54, 1.807) is 0 Å². The van der Waals surface area contributed by atoms with Crippen molar-refractivity contribution in [1.82, 2.24) is 9.97 Å². The van der Waals surface area contributed by atoms with Gasteiger partial charge in [0.1, 0.15) is 5.82 Å². The third-order valence-corrected chi connectivity index (χ3v) is 5.87. The van der Waals surface area contributed by atoms with Gasteiger partial charge in [0.2, 0.25) is 5.95 Å². The van der Waals surface area contributed by atoms with E-state index in [2.05, 4.69) is 44.9 Å². The minimum absolute atomic E-state index is 0.0163. The number of carboxylic acids is 1. The highest BCUT2D eigenvalue weighted by atomic mass is 16.4. The Labute approximate surface area is 228 Å². The summed E-state index contributed by atoms with van der Waals surface area (Å²) in [6.45, 7) is 1.07. The lowest BCUT2D eigenvalue weighted by Gasteiger charge is -2.11. The highest BCUT2D eigenvalue weighted by molar-refractivity contribution is 5.86. The molecule has 1 aromatic heterocycles. The van der Waals surface area contributed by atoms with E-state index in [-0.39, 0.29) is 17.7 Å². The number of hydrogen-bond acceptors (Lipinski definition) is 6. The van der Waals surface area contributed by atoms with Crippen LogP contribution in [0.15, 0.2) is 127 Å². The first kappa shape index (κ1) is 27.0. The molecule has 5 N–H and O–H groups in total. The van der Waals surface area contributed by atoms with E-state index in [0.717, 1.165) is 22.3 Å². The molecule has 0 amide bonds. The summed E-state index contributed by atoms with van der Waals surface area (Å²) in [5.74, 6) is -0.348. The number of aromatic carboxylic acids is 1. The van der Waals surface area contributed by atoms with Crippen LogP contribution in [-0.2, 0) is 13.1 Å². The number of rotatable bonds is 9. The lowest BCUT2D eigenvalue weighted by Crippen LogP contribution is -2.11. The number of anilines is 2. The van der Waals surface area contributed by atoms with E-state index in [1.165, 1.54) is 6.07 Å². The summed E-state index contributed by atoms with van der Waals surface area (Å²) in [4.78, 5) is 19.7. The van der Waals surface area contributed by atoms with Gasteiger partial charge >= 0.3 is 5.97 Å². The molecule has 0 saturated carbocycles. The number of nitrogens with two attached hydrogens (primary N) is 1. The first-order valence-corrected chi connectivity index (χ1v) is 12.6. The maximum Gasteiger partial charge on any atom is 0.354 e. The van der Waals surface area contributed by atoms with Crippen LogP contribution in [0.25, 0.3) is 0 Å². The molecule has 0 unspecified atom stereocenters. The minimum Gasteiger partial charge on any atom is -0.477 e. The van der Waals surface area contributed by atoms with Crippen LogP contribution in [-0.4, -0.2) is 21.0 Å². The molecule has 39 heavy (non-hydrogen) atoms. The van der Waals surface area contributed by atoms with Crippen molar-refractivity contribution in [2.45, 2.75) is 19.1 Å². The van der Waals surface area contributed by atoms with E-state index >= 15 is 0 Å². The summed E-state index contributed by atoms with van der Waals surface area (Å²) in [6.07, 6.45) is 0. The van der Waals surface area contributed by atoms with Crippen LogP contribution in [0.4, 0.5) is 11.8 Å². The molecule has 0 radical (unpaired) electrons. The molecule has 0 fully saturated rings.